The Balaban J connectivity index is 0.00000324. The highest BCUT2D eigenvalue weighted by Gasteiger charge is 2.22. The van der Waals surface area contributed by atoms with Crippen molar-refractivity contribution < 1.29 is 5.11 Å². The maximum atomic E-state index is 8.98. The van der Waals surface area contributed by atoms with E-state index in [-0.39, 0.29) is 19.0 Å². The highest BCUT2D eigenvalue weighted by molar-refractivity contribution is 5.85. The second kappa shape index (κ2) is 11.5. The van der Waals surface area contributed by atoms with Gasteiger partial charge in [-0.1, -0.05) is 39.0 Å². The standard InChI is InChI=1S/C15H30N2O.ClH/c1-3-5-6-7-8-9-10-15-16-14(11-12-18)13-17(15)4-2;/h14,18H,3-13H2,1-2H3;1H. The molecule has 114 valence electrons. The molecular formula is C15H31ClN2O. The molecule has 19 heavy (non-hydrogen) atoms. The highest BCUT2D eigenvalue weighted by Crippen LogP contribution is 2.16. The van der Waals surface area contributed by atoms with Gasteiger partial charge in [-0.25, -0.2) is 0 Å². The predicted octanol–water partition coefficient (Wildman–Crippen LogP) is 3.64. The van der Waals surface area contributed by atoms with Gasteiger partial charge in [0, 0.05) is 26.1 Å². The van der Waals surface area contributed by atoms with Crippen molar-refractivity contribution in [2.45, 2.75) is 71.3 Å². The maximum absolute atomic E-state index is 8.98. The van der Waals surface area contributed by atoms with Gasteiger partial charge in [-0.2, -0.15) is 0 Å². The number of rotatable bonds is 10. The Kier molecular flexibility index (Phi) is 11.4. The number of hydrogen-bond donors (Lipinski definition) is 1. The molecule has 0 spiro atoms. The topological polar surface area (TPSA) is 35.8 Å². The third-order valence-corrected chi connectivity index (χ3v) is 3.73. The van der Waals surface area contributed by atoms with Crippen molar-refractivity contribution in [3.8, 4) is 0 Å². The van der Waals surface area contributed by atoms with Crippen LogP contribution in [0.2, 0.25) is 0 Å². The first-order chi connectivity index (χ1) is 8.81. The Morgan fingerprint density at radius 1 is 1.16 bits per heavy atom. The Hall–Kier alpha value is -0.280. The van der Waals surface area contributed by atoms with Crippen LogP contribution in [-0.4, -0.2) is 41.6 Å². The van der Waals surface area contributed by atoms with E-state index in [0.717, 1.165) is 25.9 Å². The van der Waals surface area contributed by atoms with Crippen LogP contribution in [0.25, 0.3) is 0 Å². The van der Waals surface area contributed by atoms with E-state index in [1.165, 1.54) is 44.4 Å². The number of nitrogens with zero attached hydrogens (tertiary/aromatic N) is 2. The zero-order valence-electron chi connectivity index (χ0n) is 12.6. The number of aliphatic imine (C=N–C) groups is 1. The lowest BCUT2D eigenvalue weighted by Crippen LogP contribution is -2.29. The minimum atomic E-state index is 0. The van der Waals surface area contributed by atoms with Gasteiger partial charge in [0.25, 0.3) is 0 Å². The van der Waals surface area contributed by atoms with E-state index >= 15 is 0 Å². The van der Waals surface area contributed by atoms with Gasteiger partial charge in [-0.3, -0.25) is 4.99 Å². The van der Waals surface area contributed by atoms with Gasteiger partial charge in [0.1, 0.15) is 0 Å². The summed E-state index contributed by atoms with van der Waals surface area (Å²) in [5.41, 5.74) is 0. The molecule has 0 amide bonds. The fourth-order valence-electron chi connectivity index (χ4n) is 2.60. The van der Waals surface area contributed by atoms with E-state index in [0.29, 0.717) is 6.04 Å². The molecule has 1 N–H and O–H groups in total. The molecule has 0 fully saturated rings. The van der Waals surface area contributed by atoms with Crippen molar-refractivity contribution in [1.82, 2.24) is 4.90 Å². The Morgan fingerprint density at radius 3 is 2.47 bits per heavy atom. The number of aliphatic hydroxyl groups is 1. The zero-order chi connectivity index (χ0) is 13.2. The SMILES string of the molecule is CCCCCCCCC1=NC(CCO)CN1CC.Cl. The van der Waals surface area contributed by atoms with Crippen LogP contribution in [0.15, 0.2) is 4.99 Å². The number of unbranched alkanes of at least 4 members (excludes halogenated alkanes) is 5. The second-order valence-corrected chi connectivity index (χ2v) is 5.27. The number of likely N-dealkylation sites (N-methyl/N-ethyl adjacent to an activating group) is 1. The lowest BCUT2D eigenvalue weighted by atomic mass is 10.1. The Labute approximate surface area is 124 Å². The number of aliphatic hydroxyl groups excluding tert-OH is 1. The van der Waals surface area contributed by atoms with Gasteiger partial charge < -0.3 is 10.0 Å². The average Bonchev–Trinajstić information content (AvgIpc) is 2.76. The summed E-state index contributed by atoms with van der Waals surface area (Å²) in [7, 11) is 0. The molecule has 0 saturated heterocycles. The van der Waals surface area contributed by atoms with E-state index < -0.39 is 0 Å². The molecule has 0 aromatic rings. The molecule has 1 atom stereocenters. The Bertz CT molecular complexity index is 246. The van der Waals surface area contributed by atoms with Crippen molar-refractivity contribution in [2.24, 2.45) is 4.99 Å². The minimum Gasteiger partial charge on any atom is -0.396 e. The molecule has 4 heteroatoms. The van der Waals surface area contributed by atoms with Crippen molar-refractivity contribution in [3.63, 3.8) is 0 Å². The van der Waals surface area contributed by atoms with E-state index in [2.05, 4.69) is 18.7 Å². The van der Waals surface area contributed by atoms with E-state index in [1.807, 2.05) is 0 Å². The molecule has 0 aromatic carbocycles. The first kappa shape index (κ1) is 18.7. The molecule has 1 aliphatic heterocycles. The third-order valence-electron chi connectivity index (χ3n) is 3.73. The largest absolute Gasteiger partial charge is 0.396 e. The predicted molar refractivity (Wildman–Crippen MR) is 85.4 cm³/mol. The molecular weight excluding hydrogens is 260 g/mol. The summed E-state index contributed by atoms with van der Waals surface area (Å²) in [6.07, 6.45) is 9.99. The van der Waals surface area contributed by atoms with Crippen LogP contribution in [0.3, 0.4) is 0 Å². The van der Waals surface area contributed by atoms with Gasteiger partial charge in [-0.15, -0.1) is 12.4 Å². The first-order valence-electron chi connectivity index (χ1n) is 7.74. The molecule has 1 rings (SSSR count). The minimum absolute atomic E-state index is 0. The molecule has 1 heterocycles. The smallest absolute Gasteiger partial charge is 0.0993 e. The molecule has 0 aliphatic carbocycles. The molecule has 0 bridgehead atoms. The summed E-state index contributed by atoms with van der Waals surface area (Å²) in [4.78, 5) is 7.13. The van der Waals surface area contributed by atoms with E-state index in [9.17, 15) is 0 Å². The van der Waals surface area contributed by atoms with Crippen LogP contribution in [0.1, 0.15) is 65.2 Å². The second-order valence-electron chi connectivity index (χ2n) is 5.27. The van der Waals surface area contributed by atoms with Crippen LogP contribution in [-0.2, 0) is 0 Å². The number of hydrogen-bond acceptors (Lipinski definition) is 3. The maximum Gasteiger partial charge on any atom is 0.0993 e. The summed E-state index contributed by atoms with van der Waals surface area (Å²) < 4.78 is 0. The van der Waals surface area contributed by atoms with Crippen LogP contribution >= 0.6 is 12.4 Å². The van der Waals surface area contributed by atoms with Gasteiger partial charge in [0.2, 0.25) is 0 Å². The van der Waals surface area contributed by atoms with Gasteiger partial charge in [-0.05, 0) is 19.8 Å². The molecule has 0 aromatic heterocycles. The van der Waals surface area contributed by atoms with Gasteiger partial charge in [0.15, 0.2) is 0 Å². The van der Waals surface area contributed by atoms with Gasteiger partial charge >= 0.3 is 0 Å². The van der Waals surface area contributed by atoms with Crippen LogP contribution in [0, 0.1) is 0 Å². The summed E-state index contributed by atoms with van der Waals surface area (Å²) in [6, 6.07) is 0.338. The van der Waals surface area contributed by atoms with Crippen molar-refractivity contribution in [2.75, 3.05) is 19.7 Å². The molecule has 0 saturated carbocycles. The lowest BCUT2D eigenvalue weighted by Gasteiger charge is -2.18. The zero-order valence-corrected chi connectivity index (χ0v) is 13.4. The summed E-state index contributed by atoms with van der Waals surface area (Å²) in [6.45, 7) is 6.78. The molecule has 1 aliphatic rings. The fourth-order valence-corrected chi connectivity index (χ4v) is 2.60. The van der Waals surface area contributed by atoms with E-state index in [4.69, 9.17) is 10.1 Å². The normalized spacial score (nSPS) is 18.4. The van der Waals surface area contributed by atoms with Crippen LogP contribution in [0.5, 0.6) is 0 Å². The fraction of sp³-hybridized carbons (Fsp3) is 0.933. The van der Waals surface area contributed by atoms with Crippen molar-refractivity contribution >= 4 is 18.2 Å². The highest BCUT2D eigenvalue weighted by atomic mass is 35.5. The molecule has 1 unspecified atom stereocenters. The van der Waals surface area contributed by atoms with Crippen molar-refractivity contribution in [1.29, 1.82) is 0 Å². The van der Waals surface area contributed by atoms with Crippen molar-refractivity contribution in [3.05, 3.63) is 0 Å². The summed E-state index contributed by atoms with van der Waals surface area (Å²) in [5, 5.41) is 8.98. The number of halogens is 1. The third kappa shape index (κ3) is 7.17. The average molecular weight is 291 g/mol. The molecule has 3 nitrogen and oxygen atoms in total. The summed E-state index contributed by atoms with van der Waals surface area (Å²) >= 11 is 0. The van der Waals surface area contributed by atoms with E-state index in [1.54, 1.807) is 0 Å². The first-order valence-corrected chi connectivity index (χ1v) is 7.74. The monoisotopic (exact) mass is 290 g/mol. The number of amidine groups is 1. The van der Waals surface area contributed by atoms with Crippen LogP contribution < -0.4 is 0 Å². The molecule has 0 radical (unpaired) electrons. The quantitative estimate of drug-likeness (QED) is 0.624. The summed E-state index contributed by atoms with van der Waals surface area (Å²) in [5.74, 6) is 1.28. The van der Waals surface area contributed by atoms with Gasteiger partial charge in [0.05, 0.1) is 11.9 Å². The van der Waals surface area contributed by atoms with Crippen LogP contribution in [0.4, 0.5) is 0 Å². The Morgan fingerprint density at radius 2 is 1.84 bits per heavy atom. The lowest BCUT2D eigenvalue weighted by molar-refractivity contribution is 0.271.